The summed E-state index contributed by atoms with van der Waals surface area (Å²) in [6.45, 7) is 1.73. The number of hydrogen-bond donors (Lipinski definition) is 1. The first-order valence-corrected chi connectivity index (χ1v) is 7.04. The summed E-state index contributed by atoms with van der Waals surface area (Å²) < 4.78 is 16.0. The highest BCUT2D eigenvalue weighted by atomic mass is 16.5. The molecule has 3 aromatic rings. The van der Waals surface area contributed by atoms with E-state index in [1.807, 2.05) is 0 Å². The van der Waals surface area contributed by atoms with Gasteiger partial charge in [0.15, 0.2) is 17.3 Å². The van der Waals surface area contributed by atoms with Gasteiger partial charge in [-0.15, -0.1) is 0 Å². The molecule has 0 bridgehead atoms. The zero-order valence-electron chi connectivity index (χ0n) is 13.0. The van der Waals surface area contributed by atoms with Gasteiger partial charge in [0.05, 0.1) is 19.8 Å². The normalized spacial score (nSPS) is 10.7. The fourth-order valence-corrected chi connectivity index (χ4v) is 2.61. The van der Waals surface area contributed by atoms with Crippen LogP contribution in [-0.4, -0.2) is 25.1 Å². The summed E-state index contributed by atoms with van der Waals surface area (Å²) in [6.07, 6.45) is 0. The molecule has 0 radical (unpaired) electrons. The molecule has 0 saturated carbocycles. The van der Waals surface area contributed by atoms with E-state index in [1.54, 1.807) is 31.2 Å². The number of furan rings is 1. The van der Waals surface area contributed by atoms with Crippen molar-refractivity contribution >= 4 is 16.8 Å². The molecule has 0 aliphatic carbocycles. The number of carbonyl (C=O) groups excluding carboxylic acids is 1. The average Bonchev–Trinajstić information content (AvgIpc) is 2.88. The van der Waals surface area contributed by atoms with Gasteiger partial charge in [0.2, 0.25) is 0 Å². The Morgan fingerprint density at radius 2 is 1.78 bits per heavy atom. The summed E-state index contributed by atoms with van der Waals surface area (Å²) >= 11 is 0. The van der Waals surface area contributed by atoms with Crippen LogP contribution in [0.2, 0.25) is 0 Å². The summed E-state index contributed by atoms with van der Waals surface area (Å²) in [4.78, 5) is 12.9. The quantitative estimate of drug-likeness (QED) is 0.744. The molecule has 1 aromatic heterocycles. The smallest absolute Gasteiger partial charge is 0.197 e. The van der Waals surface area contributed by atoms with Crippen LogP contribution in [0.25, 0.3) is 11.0 Å². The summed E-state index contributed by atoms with van der Waals surface area (Å²) in [5.41, 5.74) is 1.45. The van der Waals surface area contributed by atoms with E-state index in [-0.39, 0.29) is 11.5 Å². The third-order valence-corrected chi connectivity index (χ3v) is 3.72. The monoisotopic (exact) mass is 312 g/mol. The summed E-state index contributed by atoms with van der Waals surface area (Å²) in [5.74, 6) is 1.42. The van der Waals surface area contributed by atoms with E-state index in [1.165, 1.54) is 26.4 Å². The second-order valence-electron chi connectivity index (χ2n) is 5.11. The molecular formula is C18H16O5. The number of benzene rings is 2. The maximum Gasteiger partial charge on any atom is 0.197 e. The van der Waals surface area contributed by atoms with Crippen molar-refractivity contribution in [1.82, 2.24) is 0 Å². The zero-order chi connectivity index (χ0) is 16.6. The van der Waals surface area contributed by atoms with Crippen molar-refractivity contribution in [1.29, 1.82) is 0 Å². The second-order valence-corrected chi connectivity index (χ2v) is 5.11. The van der Waals surface area contributed by atoms with Gasteiger partial charge in [-0.05, 0) is 43.3 Å². The molecular weight excluding hydrogens is 296 g/mol. The van der Waals surface area contributed by atoms with Gasteiger partial charge in [-0.2, -0.15) is 0 Å². The Labute approximate surface area is 133 Å². The largest absolute Gasteiger partial charge is 0.508 e. The van der Waals surface area contributed by atoms with E-state index in [2.05, 4.69) is 0 Å². The number of phenolic OH excluding ortho intramolecular Hbond substituents is 1. The lowest BCUT2D eigenvalue weighted by atomic mass is 10.00. The number of methoxy groups -OCH3 is 2. The first-order chi connectivity index (χ1) is 11.0. The highest BCUT2D eigenvalue weighted by Crippen LogP contribution is 2.33. The SMILES string of the molecule is COc1ccc(C(=O)c2c(C)oc3ccc(O)cc23)cc1OC. The number of aryl methyl sites for hydroxylation is 1. The van der Waals surface area contributed by atoms with E-state index >= 15 is 0 Å². The standard InChI is InChI=1S/C18H16O5/c1-10-17(13-9-12(19)5-7-14(13)23-10)18(20)11-4-6-15(21-2)16(8-11)22-3/h4-9,19H,1-3H3. The minimum absolute atomic E-state index is 0.0830. The van der Waals surface area contributed by atoms with Crippen molar-refractivity contribution < 1.29 is 23.8 Å². The topological polar surface area (TPSA) is 68.9 Å². The molecule has 0 spiro atoms. The second kappa shape index (κ2) is 5.68. The molecule has 118 valence electrons. The maximum atomic E-state index is 12.9. The van der Waals surface area contributed by atoms with Gasteiger partial charge in [0, 0.05) is 10.9 Å². The fourth-order valence-electron chi connectivity index (χ4n) is 2.61. The molecule has 2 aromatic carbocycles. The number of ether oxygens (including phenoxy) is 2. The van der Waals surface area contributed by atoms with Crippen molar-refractivity contribution in [2.75, 3.05) is 14.2 Å². The van der Waals surface area contributed by atoms with Crippen LogP contribution in [-0.2, 0) is 0 Å². The van der Waals surface area contributed by atoms with Crippen molar-refractivity contribution in [3.63, 3.8) is 0 Å². The lowest BCUT2D eigenvalue weighted by Crippen LogP contribution is -2.03. The third-order valence-electron chi connectivity index (χ3n) is 3.72. The Kier molecular flexibility index (Phi) is 3.70. The highest BCUT2D eigenvalue weighted by Gasteiger charge is 2.21. The van der Waals surface area contributed by atoms with Crippen LogP contribution in [0, 0.1) is 6.92 Å². The predicted molar refractivity (Wildman–Crippen MR) is 85.6 cm³/mol. The number of ketones is 1. The molecule has 5 heteroatoms. The Bertz CT molecular complexity index is 892. The van der Waals surface area contributed by atoms with E-state index in [9.17, 15) is 9.90 Å². The fraction of sp³-hybridized carbons (Fsp3) is 0.167. The minimum atomic E-state index is -0.201. The van der Waals surface area contributed by atoms with E-state index in [4.69, 9.17) is 13.9 Å². The molecule has 0 aliphatic heterocycles. The lowest BCUT2D eigenvalue weighted by molar-refractivity contribution is 0.103. The molecule has 23 heavy (non-hydrogen) atoms. The molecule has 0 aliphatic rings. The van der Waals surface area contributed by atoms with Gasteiger partial charge in [-0.25, -0.2) is 0 Å². The number of phenols is 1. The first-order valence-electron chi connectivity index (χ1n) is 7.04. The third kappa shape index (κ3) is 2.50. The van der Waals surface area contributed by atoms with Crippen LogP contribution >= 0.6 is 0 Å². The van der Waals surface area contributed by atoms with Crippen LogP contribution in [0.15, 0.2) is 40.8 Å². The van der Waals surface area contributed by atoms with E-state index in [0.29, 0.717) is 39.4 Å². The maximum absolute atomic E-state index is 12.9. The number of rotatable bonds is 4. The molecule has 0 unspecified atom stereocenters. The molecule has 0 amide bonds. The number of hydrogen-bond acceptors (Lipinski definition) is 5. The Morgan fingerprint density at radius 1 is 1.04 bits per heavy atom. The zero-order valence-corrected chi connectivity index (χ0v) is 13.0. The molecule has 3 rings (SSSR count). The average molecular weight is 312 g/mol. The number of aromatic hydroxyl groups is 1. The van der Waals surface area contributed by atoms with Gasteiger partial charge in [0.25, 0.3) is 0 Å². The van der Waals surface area contributed by atoms with Crippen molar-refractivity contribution in [2.24, 2.45) is 0 Å². The number of fused-ring (bicyclic) bond motifs is 1. The summed E-state index contributed by atoms with van der Waals surface area (Å²) in [7, 11) is 3.05. The summed E-state index contributed by atoms with van der Waals surface area (Å²) in [6, 6.07) is 9.67. The van der Waals surface area contributed by atoms with Crippen molar-refractivity contribution in [3.8, 4) is 17.2 Å². The van der Waals surface area contributed by atoms with Gasteiger partial charge >= 0.3 is 0 Å². The Hall–Kier alpha value is -2.95. The molecule has 0 atom stereocenters. The van der Waals surface area contributed by atoms with Gasteiger partial charge in [-0.1, -0.05) is 0 Å². The van der Waals surface area contributed by atoms with Crippen LogP contribution < -0.4 is 9.47 Å². The van der Waals surface area contributed by atoms with Gasteiger partial charge in [-0.3, -0.25) is 4.79 Å². The predicted octanol–water partition coefficient (Wildman–Crippen LogP) is 3.70. The first kappa shape index (κ1) is 15.0. The molecule has 1 N–H and O–H groups in total. The van der Waals surface area contributed by atoms with E-state index in [0.717, 1.165) is 0 Å². The lowest BCUT2D eigenvalue weighted by Gasteiger charge is -2.09. The van der Waals surface area contributed by atoms with Crippen molar-refractivity contribution in [2.45, 2.75) is 6.92 Å². The van der Waals surface area contributed by atoms with Crippen LogP contribution in [0.1, 0.15) is 21.7 Å². The molecule has 0 saturated heterocycles. The molecule has 1 heterocycles. The van der Waals surface area contributed by atoms with Crippen LogP contribution in [0.4, 0.5) is 0 Å². The summed E-state index contributed by atoms with van der Waals surface area (Å²) in [5, 5.41) is 10.3. The highest BCUT2D eigenvalue weighted by molar-refractivity contribution is 6.17. The van der Waals surface area contributed by atoms with Gasteiger partial charge in [0.1, 0.15) is 17.1 Å². The number of carbonyl (C=O) groups is 1. The van der Waals surface area contributed by atoms with Gasteiger partial charge < -0.3 is 19.0 Å². The van der Waals surface area contributed by atoms with Crippen LogP contribution in [0.5, 0.6) is 17.2 Å². The Morgan fingerprint density at radius 3 is 2.48 bits per heavy atom. The molecule has 5 nitrogen and oxygen atoms in total. The molecule has 0 fully saturated rings. The van der Waals surface area contributed by atoms with E-state index < -0.39 is 0 Å². The van der Waals surface area contributed by atoms with Crippen LogP contribution in [0.3, 0.4) is 0 Å². The van der Waals surface area contributed by atoms with Crippen molar-refractivity contribution in [3.05, 3.63) is 53.3 Å². The Balaban J connectivity index is 2.14. The minimum Gasteiger partial charge on any atom is -0.508 e.